The normalized spacial score (nSPS) is 12.0. The Hall–Kier alpha value is -1.19. The van der Waals surface area contributed by atoms with Crippen LogP contribution in [0.15, 0.2) is 42.5 Å². The highest BCUT2D eigenvalue weighted by atomic mass is 79.9. The van der Waals surface area contributed by atoms with Gasteiger partial charge in [0.1, 0.15) is 11.5 Å². The molecule has 0 bridgehead atoms. The lowest BCUT2D eigenvalue weighted by Gasteiger charge is -2.13. The SMILES string of the molecule is COc1cc(OC)cc(C(Br)Cc2ccc(Cl)cc2)c1. The molecule has 0 aromatic heterocycles. The zero-order valence-corrected chi connectivity index (χ0v) is 13.7. The number of alkyl halides is 1. The third-order valence-electron chi connectivity index (χ3n) is 3.06. The maximum atomic E-state index is 5.90. The lowest BCUT2D eigenvalue weighted by molar-refractivity contribution is 0.393. The summed E-state index contributed by atoms with van der Waals surface area (Å²) in [6.07, 6.45) is 0.869. The van der Waals surface area contributed by atoms with Gasteiger partial charge in [0.2, 0.25) is 0 Å². The highest BCUT2D eigenvalue weighted by Crippen LogP contribution is 2.33. The Bertz CT molecular complexity index is 547. The summed E-state index contributed by atoms with van der Waals surface area (Å²) < 4.78 is 10.6. The first kappa shape index (κ1) is 15.2. The van der Waals surface area contributed by atoms with E-state index < -0.39 is 0 Å². The van der Waals surface area contributed by atoms with Crippen LogP contribution in [0.5, 0.6) is 11.5 Å². The Balaban J connectivity index is 2.19. The van der Waals surface area contributed by atoms with E-state index >= 15 is 0 Å². The van der Waals surface area contributed by atoms with Gasteiger partial charge in [-0.25, -0.2) is 0 Å². The molecule has 0 aliphatic heterocycles. The lowest BCUT2D eigenvalue weighted by atomic mass is 10.0. The number of rotatable bonds is 5. The van der Waals surface area contributed by atoms with Crippen molar-refractivity contribution in [2.45, 2.75) is 11.2 Å². The van der Waals surface area contributed by atoms with Gasteiger partial charge >= 0.3 is 0 Å². The standard InChI is InChI=1S/C16H16BrClO2/c1-19-14-8-12(9-15(10-14)20-2)16(17)7-11-3-5-13(18)6-4-11/h3-6,8-10,16H,7H2,1-2H3. The summed E-state index contributed by atoms with van der Waals surface area (Å²) in [5, 5.41) is 0.753. The van der Waals surface area contributed by atoms with Crippen LogP contribution in [0.4, 0.5) is 0 Å². The minimum Gasteiger partial charge on any atom is -0.497 e. The molecule has 0 spiro atoms. The molecule has 2 aromatic carbocycles. The second-order valence-electron chi connectivity index (χ2n) is 4.44. The summed E-state index contributed by atoms with van der Waals surface area (Å²) in [4.78, 5) is 0.188. The molecule has 0 N–H and O–H groups in total. The third kappa shape index (κ3) is 3.90. The highest BCUT2D eigenvalue weighted by Gasteiger charge is 2.12. The Morgan fingerprint density at radius 3 is 2.05 bits per heavy atom. The van der Waals surface area contributed by atoms with Crippen LogP contribution in [0.25, 0.3) is 0 Å². The fraction of sp³-hybridized carbons (Fsp3) is 0.250. The Kier molecular flexibility index (Phi) is 5.32. The smallest absolute Gasteiger partial charge is 0.122 e. The van der Waals surface area contributed by atoms with Gasteiger partial charge < -0.3 is 9.47 Å². The van der Waals surface area contributed by atoms with Gasteiger partial charge in [-0.3, -0.25) is 0 Å². The number of benzene rings is 2. The summed E-state index contributed by atoms with van der Waals surface area (Å²) in [7, 11) is 3.31. The van der Waals surface area contributed by atoms with E-state index in [0.29, 0.717) is 0 Å². The molecule has 0 aliphatic carbocycles. The van der Waals surface area contributed by atoms with Gasteiger partial charge in [0.15, 0.2) is 0 Å². The van der Waals surface area contributed by atoms with E-state index in [-0.39, 0.29) is 4.83 Å². The van der Waals surface area contributed by atoms with E-state index in [1.807, 2.05) is 42.5 Å². The second kappa shape index (κ2) is 7.00. The molecule has 2 rings (SSSR count). The van der Waals surface area contributed by atoms with Gasteiger partial charge in [-0.05, 0) is 41.8 Å². The largest absolute Gasteiger partial charge is 0.497 e. The van der Waals surface area contributed by atoms with Crippen LogP contribution < -0.4 is 9.47 Å². The van der Waals surface area contributed by atoms with Gasteiger partial charge in [0.25, 0.3) is 0 Å². The molecule has 0 heterocycles. The van der Waals surface area contributed by atoms with E-state index in [9.17, 15) is 0 Å². The molecule has 0 saturated heterocycles. The Morgan fingerprint density at radius 1 is 1.00 bits per heavy atom. The molecule has 2 aromatic rings. The maximum Gasteiger partial charge on any atom is 0.122 e. The van der Waals surface area contributed by atoms with Crippen LogP contribution in [0.2, 0.25) is 5.02 Å². The fourth-order valence-electron chi connectivity index (χ4n) is 1.96. The maximum absolute atomic E-state index is 5.90. The first-order valence-corrected chi connectivity index (χ1v) is 7.53. The van der Waals surface area contributed by atoms with E-state index in [1.165, 1.54) is 5.56 Å². The zero-order chi connectivity index (χ0) is 14.5. The average molecular weight is 356 g/mol. The molecule has 4 heteroatoms. The summed E-state index contributed by atoms with van der Waals surface area (Å²) in [6.45, 7) is 0. The van der Waals surface area contributed by atoms with Gasteiger partial charge in [-0.1, -0.05) is 39.7 Å². The average Bonchev–Trinajstić information content (AvgIpc) is 2.48. The monoisotopic (exact) mass is 354 g/mol. The van der Waals surface area contributed by atoms with Crippen LogP contribution in [-0.4, -0.2) is 14.2 Å². The van der Waals surface area contributed by atoms with Crippen molar-refractivity contribution in [3.63, 3.8) is 0 Å². The van der Waals surface area contributed by atoms with Crippen molar-refractivity contribution in [1.29, 1.82) is 0 Å². The molecular weight excluding hydrogens is 340 g/mol. The molecule has 20 heavy (non-hydrogen) atoms. The third-order valence-corrected chi connectivity index (χ3v) is 4.17. The molecule has 0 aliphatic rings. The van der Waals surface area contributed by atoms with E-state index in [1.54, 1.807) is 14.2 Å². The van der Waals surface area contributed by atoms with Crippen LogP contribution in [0, 0.1) is 0 Å². The van der Waals surface area contributed by atoms with Crippen LogP contribution in [0.1, 0.15) is 16.0 Å². The van der Waals surface area contributed by atoms with Gasteiger partial charge in [0, 0.05) is 15.9 Å². The molecule has 0 saturated carbocycles. The van der Waals surface area contributed by atoms with Crippen molar-refractivity contribution >= 4 is 27.5 Å². The topological polar surface area (TPSA) is 18.5 Å². The minimum atomic E-state index is 0.188. The summed E-state index contributed by atoms with van der Waals surface area (Å²) in [5.74, 6) is 1.58. The molecule has 2 nitrogen and oxygen atoms in total. The summed E-state index contributed by atoms with van der Waals surface area (Å²) >= 11 is 9.62. The molecule has 1 unspecified atom stereocenters. The number of halogens is 2. The molecule has 0 radical (unpaired) electrons. The van der Waals surface area contributed by atoms with Crippen molar-refractivity contribution in [3.8, 4) is 11.5 Å². The van der Waals surface area contributed by atoms with Crippen molar-refractivity contribution in [2.75, 3.05) is 14.2 Å². The highest BCUT2D eigenvalue weighted by molar-refractivity contribution is 9.09. The quantitative estimate of drug-likeness (QED) is 0.700. The molecule has 106 valence electrons. The lowest BCUT2D eigenvalue weighted by Crippen LogP contribution is -1.97. The van der Waals surface area contributed by atoms with Gasteiger partial charge in [0.05, 0.1) is 14.2 Å². The summed E-state index contributed by atoms with van der Waals surface area (Å²) in [5.41, 5.74) is 2.34. The first-order valence-electron chi connectivity index (χ1n) is 6.24. The Morgan fingerprint density at radius 2 is 1.55 bits per heavy atom. The van der Waals surface area contributed by atoms with E-state index in [0.717, 1.165) is 28.5 Å². The van der Waals surface area contributed by atoms with E-state index in [4.69, 9.17) is 21.1 Å². The van der Waals surface area contributed by atoms with Crippen LogP contribution in [0.3, 0.4) is 0 Å². The van der Waals surface area contributed by atoms with Crippen LogP contribution >= 0.6 is 27.5 Å². The minimum absolute atomic E-state index is 0.188. The van der Waals surface area contributed by atoms with E-state index in [2.05, 4.69) is 15.9 Å². The predicted octanol–water partition coefficient (Wildman–Crippen LogP) is 5.04. The van der Waals surface area contributed by atoms with Crippen LogP contribution in [-0.2, 0) is 6.42 Å². The molecule has 0 amide bonds. The number of hydrogen-bond donors (Lipinski definition) is 0. The molecular formula is C16H16BrClO2. The van der Waals surface area contributed by atoms with Crippen molar-refractivity contribution in [3.05, 3.63) is 58.6 Å². The number of ether oxygens (including phenoxy) is 2. The van der Waals surface area contributed by atoms with Gasteiger partial charge in [-0.2, -0.15) is 0 Å². The molecule has 0 fully saturated rings. The van der Waals surface area contributed by atoms with Crippen molar-refractivity contribution in [1.82, 2.24) is 0 Å². The Labute approximate surface area is 132 Å². The van der Waals surface area contributed by atoms with Crippen molar-refractivity contribution in [2.24, 2.45) is 0 Å². The zero-order valence-electron chi connectivity index (χ0n) is 11.4. The van der Waals surface area contributed by atoms with Gasteiger partial charge in [-0.15, -0.1) is 0 Å². The molecule has 1 atom stereocenters. The first-order chi connectivity index (χ1) is 9.62. The fourth-order valence-corrected chi connectivity index (χ4v) is 2.72. The number of hydrogen-bond acceptors (Lipinski definition) is 2. The number of methoxy groups -OCH3 is 2. The van der Waals surface area contributed by atoms with Crippen molar-refractivity contribution < 1.29 is 9.47 Å². The predicted molar refractivity (Wildman–Crippen MR) is 86.4 cm³/mol. The summed E-state index contributed by atoms with van der Waals surface area (Å²) in [6, 6.07) is 13.8. The second-order valence-corrected chi connectivity index (χ2v) is 5.99.